The van der Waals surface area contributed by atoms with Gasteiger partial charge >= 0.3 is 0 Å². The van der Waals surface area contributed by atoms with Crippen molar-refractivity contribution < 1.29 is 0 Å². The molecule has 5 aromatic rings. The molecule has 0 radical (unpaired) electrons. The first-order valence-corrected chi connectivity index (χ1v) is 8.38. The summed E-state index contributed by atoms with van der Waals surface area (Å²) >= 11 is 3.60. The molecule has 0 fully saturated rings. The third-order valence-electron chi connectivity index (χ3n) is 4.39. The summed E-state index contributed by atoms with van der Waals surface area (Å²) < 4.78 is 3.44. The molecule has 3 aromatic carbocycles. The zero-order chi connectivity index (χ0) is 15.4. The minimum atomic E-state index is 1.09. The summed E-state index contributed by atoms with van der Waals surface area (Å²) in [4.78, 5) is 3.60. The summed E-state index contributed by atoms with van der Waals surface area (Å²) in [7, 11) is 0. The van der Waals surface area contributed by atoms with Crippen LogP contribution in [0, 0.1) is 0 Å². The maximum atomic E-state index is 3.60. The second-order valence-electron chi connectivity index (χ2n) is 5.73. The maximum absolute atomic E-state index is 3.60. The third kappa shape index (κ3) is 1.80. The molecule has 1 N–H and O–H groups in total. The highest BCUT2D eigenvalue weighted by atomic mass is 79.9. The SMILES string of the molecule is Brc1ccc2[nH]c3c4ccccc4n(-c4ccccc4)c3c2c1. The Labute approximate surface area is 141 Å². The minimum absolute atomic E-state index is 1.09. The van der Waals surface area contributed by atoms with Gasteiger partial charge in [-0.25, -0.2) is 0 Å². The van der Waals surface area contributed by atoms with Crippen molar-refractivity contribution in [2.45, 2.75) is 0 Å². The van der Waals surface area contributed by atoms with Crippen LogP contribution in [-0.4, -0.2) is 9.55 Å². The van der Waals surface area contributed by atoms with E-state index in [-0.39, 0.29) is 0 Å². The van der Waals surface area contributed by atoms with E-state index in [4.69, 9.17) is 0 Å². The van der Waals surface area contributed by atoms with E-state index >= 15 is 0 Å². The van der Waals surface area contributed by atoms with Crippen molar-refractivity contribution in [3.8, 4) is 5.69 Å². The monoisotopic (exact) mass is 360 g/mol. The van der Waals surface area contributed by atoms with Gasteiger partial charge in [0.1, 0.15) is 0 Å². The first-order valence-electron chi connectivity index (χ1n) is 7.59. The molecule has 23 heavy (non-hydrogen) atoms. The molecule has 0 aliphatic heterocycles. The molecule has 3 heteroatoms. The second kappa shape index (κ2) is 4.74. The Morgan fingerprint density at radius 1 is 0.783 bits per heavy atom. The Balaban J connectivity index is 2.07. The second-order valence-corrected chi connectivity index (χ2v) is 6.64. The van der Waals surface area contributed by atoms with Crippen LogP contribution in [0.3, 0.4) is 0 Å². The van der Waals surface area contributed by atoms with Crippen LogP contribution in [-0.2, 0) is 0 Å². The Kier molecular flexibility index (Phi) is 2.67. The molecule has 2 aromatic heterocycles. The number of nitrogens with one attached hydrogen (secondary N) is 1. The van der Waals surface area contributed by atoms with Crippen LogP contribution in [0.1, 0.15) is 0 Å². The summed E-state index contributed by atoms with van der Waals surface area (Å²) in [5.74, 6) is 0. The van der Waals surface area contributed by atoms with Gasteiger partial charge in [-0.05, 0) is 36.4 Å². The largest absolute Gasteiger partial charge is 0.353 e. The molecule has 2 heterocycles. The lowest BCUT2D eigenvalue weighted by Gasteiger charge is -2.07. The molecule has 0 aliphatic carbocycles. The molecule has 110 valence electrons. The highest BCUT2D eigenvalue weighted by Gasteiger charge is 2.16. The van der Waals surface area contributed by atoms with E-state index in [1.807, 2.05) is 0 Å². The van der Waals surface area contributed by atoms with Crippen LogP contribution < -0.4 is 0 Å². The molecule has 0 unspecified atom stereocenters. The number of halogens is 1. The van der Waals surface area contributed by atoms with E-state index in [0.29, 0.717) is 0 Å². The molecule has 0 saturated heterocycles. The number of nitrogens with zero attached hydrogens (tertiary/aromatic N) is 1. The number of benzene rings is 3. The summed E-state index contributed by atoms with van der Waals surface area (Å²) in [6, 6.07) is 25.5. The van der Waals surface area contributed by atoms with Crippen molar-refractivity contribution in [2.24, 2.45) is 0 Å². The summed E-state index contributed by atoms with van der Waals surface area (Å²) in [6.45, 7) is 0. The predicted molar refractivity (Wildman–Crippen MR) is 100 cm³/mol. The van der Waals surface area contributed by atoms with Crippen molar-refractivity contribution in [2.75, 3.05) is 0 Å². The molecule has 0 bridgehead atoms. The first-order chi connectivity index (χ1) is 11.3. The van der Waals surface area contributed by atoms with Crippen molar-refractivity contribution >= 4 is 48.8 Å². The molecule has 2 nitrogen and oxygen atoms in total. The van der Waals surface area contributed by atoms with Crippen LogP contribution in [0.15, 0.2) is 77.3 Å². The molecular formula is C20H13BrN2. The molecular weight excluding hydrogens is 348 g/mol. The fraction of sp³-hybridized carbons (Fsp3) is 0. The number of aromatic nitrogens is 2. The van der Waals surface area contributed by atoms with Crippen molar-refractivity contribution in [3.05, 3.63) is 77.3 Å². The Bertz CT molecular complexity index is 1170. The number of rotatable bonds is 1. The molecule has 0 saturated carbocycles. The van der Waals surface area contributed by atoms with Gasteiger partial charge in [0.15, 0.2) is 0 Å². The lowest BCUT2D eigenvalue weighted by atomic mass is 10.2. The standard InChI is InChI=1S/C20H13BrN2/c21-13-10-11-17-16(12-13)20-19(22-17)15-8-4-5-9-18(15)23(20)14-6-2-1-3-7-14/h1-12,22H. The molecule has 0 amide bonds. The van der Waals surface area contributed by atoms with Gasteiger partial charge in [-0.15, -0.1) is 0 Å². The Hall–Kier alpha value is -2.52. The van der Waals surface area contributed by atoms with Gasteiger partial charge in [0.2, 0.25) is 0 Å². The van der Waals surface area contributed by atoms with Gasteiger partial charge in [-0.1, -0.05) is 52.3 Å². The van der Waals surface area contributed by atoms with Crippen LogP contribution in [0.25, 0.3) is 38.5 Å². The molecule has 0 spiro atoms. The number of H-pyrrole nitrogens is 1. The lowest BCUT2D eigenvalue weighted by Crippen LogP contribution is -1.92. The maximum Gasteiger partial charge on any atom is 0.0798 e. The van der Waals surface area contributed by atoms with Crippen molar-refractivity contribution in [1.29, 1.82) is 0 Å². The molecule has 0 atom stereocenters. The van der Waals surface area contributed by atoms with Crippen LogP contribution >= 0.6 is 15.9 Å². The van der Waals surface area contributed by atoms with Gasteiger partial charge in [0.05, 0.1) is 16.6 Å². The normalized spacial score (nSPS) is 11.7. The van der Waals surface area contributed by atoms with Gasteiger partial charge < -0.3 is 9.55 Å². The van der Waals surface area contributed by atoms with Crippen LogP contribution in [0.5, 0.6) is 0 Å². The minimum Gasteiger partial charge on any atom is -0.353 e. The Morgan fingerprint density at radius 2 is 1.57 bits per heavy atom. The highest BCUT2D eigenvalue weighted by Crippen LogP contribution is 2.37. The fourth-order valence-corrected chi connectivity index (χ4v) is 3.78. The molecule has 5 rings (SSSR count). The van der Waals surface area contributed by atoms with Crippen LogP contribution in [0.2, 0.25) is 0 Å². The Morgan fingerprint density at radius 3 is 2.43 bits per heavy atom. The van der Waals surface area contributed by atoms with E-state index in [2.05, 4.69) is 98.3 Å². The van der Waals surface area contributed by atoms with Crippen molar-refractivity contribution in [1.82, 2.24) is 9.55 Å². The van der Waals surface area contributed by atoms with Gasteiger partial charge in [-0.2, -0.15) is 0 Å². The number of para-hydroxylation sites is 2. The zero-order valence-electron chi connectivity index (χ0n) is 12.3. The number of aromatic amines is 1. The highest BCUT2D eigenvalue weighted by molar-refractivity contribution is 9.10. The smallest absolute Gasteiger partial charge is 0.0798 e. The van der Waals surface area contributed by atoms with Crippen molar-refractivity contribution in [3.63, 3.8) is 0 Å². The van der Waals surface area contributed by atoms with Gasteiger partial charge in [0, 0.05) is 26.4 Å². The van der Waals surface area contributed by atoms with Crippen LogP contribution in [0.4, 0.5) is 0 Å². The quantitative estimate of drug-likeness (QED) is 0.376. The zero-order valence-corrected chi connectivity index (χ0v) is 13.8. The average Bonchev–Trinajstić information content (AvgIpc) is 3.10. The van der Waals surface area contributed by atoms with E-state index < -0.39 is 0 Å². The average molecular weight is 361 g/mol. The number of hydrogen-bond acceptors (Lipinski definition) is 0. The topological polar surface area (TPSA) is 20.7 Å². The van der Waals surface area contributed by atoms with E-state index in [0.717, 1.165) is 9.99 Å². The van der Waals surface area contributed by atoms with E-state index in [1.54, 1.807) is 0 Å². The molecule has 0 aliphatic rings. The predicted octanol–water partition coefficient (Wildman–Crippen LogP) is 6.03. The van der Waals surface area contributed by atoms with Gasteiger partial charge in [-0.3, -0.25) is 0 Å². The van der Waals surface area contributed by atoms with Gasteiger partial charge in [0.25, 0.3) is 0 Å². The fourth-order valence-electron chi connectivity index (χ4n) is 3.42. The third-order valence-corrected chi connectivity index (χ3v) is 4.88. The number of hydrogen-bond donors (Lipinski definition) is 1. The first kappa shape index (κ1) is 13.0. The summed E-state index contributed by atoms with van der Waals surface area (Å²) in [5, 5.41) is 2.48. The number of fused-ring (bicyclic) bond motifs is 5. The van der Waals surface area contributed by atoms with E-state index in [1.165, 1.54) is 33.0 Å². The van der Waals surface area contributed by atoms with E-state index in [9.17, 15) is 0 Å². The summed E-state index contributed by atoms with van der Waals surface area (Å²) in [6.07, 6.45) is 0. The summed E-state index contributed by atoms with van der Waals surface area (Å²) in [5.41, 5.74) is 5.99. The lowest BCUT2D eigenvalue weighted by molar-refractivity contribution is 1.19.